The fourth-order valence-electron chi connectivity index (χ4n) is 11.0. The van der Waals surface area contributed by atoms with Crippen molar-refractivity contribution in [2.45, 2.75) is 147 Å². The quantitative estimate of drug-likeness (QED) is 0.0393. The van der Waals surface area contributed by atoms with Gasteiger partial charge in [-0.15, -0.1) is 6.58 Å². The number of halogens is 1. The highest BCUT2D eigenvalue weighted by atomic mass is 19.1. The Labute approximate surface area is 408 Å². The van der Waals surface area contributed by atoms with Crippen LogP contribution in [0.3, 0.4) is 0 Å². The number of hydrogen-bond donors (Lipinski definition) is 2. The fraction of sp³-hybridized carbons (Fsp3) is 0.571. The number of nitrogens with zero attached hydrogens (tertiary/aromatic N) is 2. The van der Waals surface area contributed by atoms with E-state index in [0.29, 0.717) is 47.1 Å². The van der Waals surface area contributed by atoms with Crippen LogP contribution >= 0.6 is 0 Å². The largest absolute Gasteiger partial charge is 0.489 e. The number of allylic oxidation sites excluding steroid dienone is 1. The third-order valence-corrected chi connectivity index (χ3v) is 14.3. The maximum absolute atomic E-state index is 15.0. The topological polar surface area (TPSA) is 138 Å². The summed E-state index contributed by atoms with van der Waals surface area (Å²) in [5.41, 5.74) is 3.74. The summed E-state index contributed by atoms with van der Waals surface area (Å²) < 4.78 is 53.5. The maximum Gasteiger partial charge on any atom is 0.410 e. The van der Waals surface area contributed by atoms with Gasteiger partial charge in [0, 0.05) is 43.2 Å². The molecule has 13 heteroatoms. The monoisotopic (exact) mass is 955 g/mol. The summed E-state index contributed by atoms with van der Waals surface area (Å²) >= 11 is 0. The zero-order valence-corrected chi connectivity index (χ0v) is 40.9. The highest BCUT2D eigenvalue weighted by molar-refractivity contribution is 6.03. The molecule has 12 nitrogen and oxygen atoms in total. The van der Waals surface area contributed by atoms with Crippen LogP contribution in [0.25, 0.3) is 0 Å². The predicted molar refractivity (Wildman–Crippen MR) is 264 cm³/mol. The minimum Gasteiger partial charge on any atom is -0.489 e. The second kappa shape index (κ2) is 26.2. The average Bonchev–Trinajstić information content (AvgIpc) is 3.84. The summed E-state index contributed by atoms with van der Waals surface area (Å²) in [6.07, 6.45) is 19.8. The first-order chi connectivity index (χ1) is 33.8. The smallest absolute Gasteiger partial charge is 0.410 e. The Balaban J connectivity index is 1.30. The molecule has 0 radical (unpaired) electrons. The third kappa shape index (κ3) is 12.8. The number of rotatable bonds is 29. The number of aliphatic hydroxyl groups excluding tert-OH is 2. The van der Waals surface area contributed by atoms with E-state index in [1.165, 1.54) is 58.1 Å². The number of oxime groups is 1. The highest BCUT2D eigenvalue weighted by Gasteiger charge is 2.65. The van der Waals surface area contributed by atoms with E-state index in [0.717, 1.165) is 61.6 Å². The summed E-state index contributed by atoms with van der Waals surface area (Å²) in [6.45, 7) is 7.12. The van der Waals surface area contributed by atoms with E-state index < -0.39 is 23.8 Å². The van der Waals surface area contributed by atoms with E-state index in [-0.39, 0.29) is 76.4 Å². The Kier molecular flexibility index (Phi) is 19.6. The molecule has 7 rings (SSSR count). The molecule has 2 aliphatic heterocycles. The highest BCUT2D eigenvalue weighted by Crippen LogP contribution is 2.62. The minimum absolute atomic E-state index is 0.00770. The van der Waals surface area contributed by atoms with E-state index in [4.69, 9.17) is 38.4 Å². The van der Waals surface area contributed by atoms with Crippen LogP contribution in [0, 0.1) is 23.6 Å². The lowest BCUT2D eigenvalue weighted by atomic mass is 9.55. The normalized spacial score (nSPS) is 22.5. The molecule has 2 aliphatic carbocycles. The summed E-state index contributed by atoms with van der Waals surface area (Å²) in [7, 11) is 1.53. The van der Waals surface area contributed by atoms with Gasteiger partial charge in [-0.1, -0.05) is 119 Å². The van der Waals surface area contributed by atoms with Crippen molar-refractivity contribution in [3.63, 3.8) is 0 Å². The van der Waals surface area contributed by atoms with Gasteiger partial charge in [-0.05, 0) is 91.5 Å². The number of unbranched alkanes of at least 4 members (excludes halogenated alkanes) is 11. The van der Waals surface area contributed by atoms with E-state index in [1.54, 1.807) is 29.2 Å². The Morgan fingerprint density at radius 3 is 2.35 bits per heavy atom. The van der Waals surface area contributed by atoms with Crippen LogP contribution in [0.2, 0.25) is 0 Å². The molecule has 6 atom stereocenters. The van der Waals surface area contributed by atoms with E-state index in [1.807, 2.05) is 36.4 Å². The van der Waals surface area contributed by atoms with Crippen molar-refractivity contribution >= 4 is 11.8 Å². The number of benzene rings is 3. The lowest BCUT2D eigenvalue weighted by Crippen LogP contribution is -2.70. The maximum atomic E-state index is 15.0. The van der Waals surface area contributed by atoms with E-state index >= 15 is 4.79 Å². The first-order valence-electron chi connectivity index (χ1n) is 25.6. The van der Waals surface area contributed by atoms with Crippen molar-refractivity contribution in [3.8, 4) is 23.0 Å². The predicted octanol–water partition coefficient (Wildman–Crippen LogP) is 12.0. The molecule has 1 saturated carbocycles. The molecule has 2 heterocycles. The van der Waals surface area contributed by atoms with Gasteiger partial charge < -0.3 is 43.5 Å². The molecule has 1 amide bonds. The molecule has 0 unspecified atom stereocenters. The van der Waals surface area contributed by atoms with Gasteiger partial charge >= 0.3 is 6.09 Å². The molecule has 1 fully saturated rings. The van der Waals surface area contributed by atoms with Crippen LogP contribution in [0.1, 0.15) is 139 Å². The zero-order chi connectivity index (χ0) is 48.4. The van der Waals surface area contributed by atoms with Crippen molar-refractivity contribution in [1.29, 1.82) is 0 Å². The molecule has 0 spiro atoms. The average molecular weight is 955 g/mol. The van der Waals surface area contributed by atoms with Gasteiger partial charge in [-0.2, -0.15) is 0 Å². The Morgan fingerprint density at radius 1 is 0.884 bits per heavy atom. The van der Waals surface area contributed by atoms with Crippen LogP contribution in [-0.4, -0.2) is 79.1 Å². The number of aliphatic hydroxyl groups is 2. The fourth-order valence-corrected chi connectivity index (χ4v) is 11.0. The summed E-state index contributed by atoms with van der Waals surface area (Å²) in [6, 6.07) is 17.2. The number of amides is 1. The summed E-state index contributed by atoms with van der Waals surface area (Å²) in [5, 5.41) is 24.7. The molecule has 4 aliphatic rings. The minimum atomic E-state index is -1.49. The summed E-state index contributed by atoms with van der Waals surface area (Å²) in [4.78, 5) is 22.4. The molecule has 3 aromatic rings. The van der Waals surface area contributed by atoms with Crippen molar-refractivity contribution in [2.75, 3.05) is 40.3 Å². The van der Waals surface area contributed by atoms with Crippen LogP contribution in [0.5, 0.6) is 23.0 Å². The second-order valence-electron chi connectivity index (χ2n) is 18.9. The summed E-state index contributed by atoms with van der Waals surface area (Å²) in [5.74, 6) is -0.199. The van der Waals surface area contributed by atoms with Crippen molar-refractivity contribution < 1.29 is 52.7 Å². The second-order valence-corrected chi connectivity index (χ2v) is 18.9. The third-order valence-electron chi connectivity index (χ3n) is 14.3. The number of hydrogen-bond acceptors (Lipinski definition) is 11. The van der Waals surface area contributed by atoms with Gasteiger partial charge in [0.1, 0.15) is 37.1 Å². The van der Waals surface area contributed by atoms with Crippen molar-refractivity contribution in [3.05, 3.63) is 107 Å². The molecule has 3 aromatic carbocycles. The van der Waals surface area contributed by atoms with Crippen LogP contribution < -0.4 is 18.9 Å². The van der Waals surface area contributed by atoms with Crippen LogP contribution in [-0.2, 0) is 27.5 Å². The number of ether oxygens (including phenoxy) is 6. The van der Waals surface area contributed by atoms with Crippen molar-refractivity contribution in [2.24, 2.45) is 22.9 Å². The van der Waals surface area contributed by atoms with Gasteiger partial charge in [0.05, 0.1) is 24.8 Å². The molecule has 376 valence electrons. The van der Waals surface area contributed by atoms with Crippen LogP contribution in [0.15, 0.2) is 90.1 Å². The van der Waals surface area contributed by atoms with Gasteiger partial charge in [0.15, 0.2) is 11.5 Å². The molecule has 2 N–H and O–H groups in total. The standard InChI is InChI=1S/C56H75FN2O10/c1-4-6-7-8-9-10-11-12-13-20-32-64-55(62)59(37-40-25-27-50-51(33-40)67-39-66-50)52-36-48(58-63-3)45-34-41(21-16-18-29-60)44(23-17-19-30-61)53-46-35-43(65-38-42-22-14-15-24-47(42)57)26-28-49(46)69-56(52,54(45)53)68-31-5-2/h5,14-15,22,24-28,33-35,41,44,52-54,60-61H,2,4,6-13,16-21,23,29-32,36-39H2,1,3H3/t41-,44+,52-,53+,54+,56+/m0/s1. The zero-order valence-electron chi connectivity index (χ0n) is 40.9. The van der Waals surface area contributed by atoms with Crippen molar-refractivity contribution in [1.82, 2.24) is 4.90 Å². The Bertz CT molecular complexity index is 2180. The number of carbonyl (C=O) groups excluding carboxylic acids is 1. The number of carbonyl (C=O) groups is 1. The molecule has 0 aromatic heterocycles. The number of fused-ring (bicyclic) bond motifs is 3. The van der Waals surface area contributed by atoms with E-state index in [2.05, 4.69) is 19.6 Å². The Hall–Kier alpha value is -5.11. The first-order valence-corrected chi connectivity index (χ1v) is 25.6. The van der Waals surface area contributed by atoms with Crippen LogP contribution in [0.4, 0.5) is 9.18 Å². The molecule has 69 heavy (non-hydrogen) atoms. The molecular formula is C56H75FN2O10. The lowest BCUT2D eigenvalue weighted by molar-refractivity contribution is -0.256. The molecule has 0 bridgehead atoms. The molecular weight excluding hydrogens is 880 g/mol. The Morgan fingerprint density at radius 2 is 1.61 bits per heavy atom. The van der Waals surface area contributed by atoms with Gasteiger partial charge in [-0.3, -0.25) is 4.90 Å². The van der Waals surface area contributed by atoms with E-state index in [9.17, 15) is 14.6 Å². The lowest BCUT2D eigenvalue weighted by Gasteiger charge is -2.59. The SMILES string of the molecule is C=CCO[C@@]12Oc3ccc(OCc4ccccc4F)cc3[C@H]3[C@H](CCCCO)[C@@H](CCCCO)C=C(C(=NOC)C[C@@H]1N(Cc1ccc4c(c1)OCO4)C(=O)OCCCCCCCCCCCC)[C@H]32. The van der Waals surface area contributed by atoms with Gasteiger partial charge in [0.2, 0.25) is 12.6 Å². The van der Waals surface area contributed by atoms with Gasteiger partial charge in [-0.25, -0.2) is 9.18 Å². The first kappa shape index (κ1) is 51.7. The van der Waals surface area contributed by atoms with Gasteiger partial charge in [0.25, 0.3) is 0 Å². The molecule has 0 saturated heterocycles.